The maximum atomic E-state index is 12.4. The lowest BCUT2D eigenvalue weighted by Gasteiger charge is -2.24. The summed E-state index contributed by atoms with van der Waals surface area (Å²) in [7, 11) is 0. The summed E-state index contributed by atoms with van der Waals surface area (Å²) in [5, 5.41) is 4.94. The first kappa shape index (κ1) is 19.7. The van der Waals surface area contributed by atoms with E-state index in [0.29, 0.717) is 30.5 Å². The third-order valence-corrected chi connectivity index (χ3v) is 4.64. The first-order valence-corrected chi connectivity index (χ1v) is 9.34. The molecule has 0 saturated heterocycles. The molecule has 2 heterocycles. The number of hydrogen-bond donors (Lipinski definition) is 3. The van der Waals surface area contributed by atoms with Gasteiger partial charge in [0.15, 0.2) is 5.13 Å². The van der Waals surface area contributed by atoms with Crippen molar-refractivity contribution in [2.75, 3.05) is 22.5 Å². The van der Waals surface area contributed by atoms with Gasteiger partial charge in [-0.15, -0.1) is 11.3 Å². The van der Waals surface area contributed by atoms with Crippen LogP contribution in [-0.2, 0) is 17.9 Å². The van der Waals surface area contributed by atoms with Crippen LogP contribution in [0.15, 0.2) is 15.0 Å². The number of nitrogens with two attached hydrogens (primary N) is 1. The predicted molar refractivity (Wildman–Crippen MR) is 104 cm³/mol. The molecule has 0 saturated carbocycles. The minimum absolute atomic E-state index is 0.159. The Hall–Kier alpha value is -2.62. The zero-order chi connectivity index (χ0) is 19.3. The Balaban J connectivity index is 2.34. The standard InChI is InChI=1S/C16H24N6O3S/c1-4-6-7-22-13(17)12(14(24)20-16(22)25)21(5-2)8-11-9-26-15(19-11)18-10(3)23/h9H,4-8,17H2,1-3H3,(H,18,19,23)(H,20,24,25). The molecular formula is C16H24N6O3S. The number of nitrogens with zero attached hydrogens (tertiary/aromatic N) is 3. The van der Waals surface area contributed by atoms with Crippen molar-refractivity contribution in [3.63, 3.8) is 0 Å². The zero-order valence-corrected chi connectivity index (χ0v) is 16.0. The Morgan fingerprint density at radius 1 is 1.42 bits per heavy atom. The van der Waals surface area contributed by atoms with E-state index in [0.717, 1.165) is 12.8 Å². The number of anilines is 3. The van der Waals surface area contributed by atoms with Crippen LogP contribution in [0, 0.1) is 0 Å². The van der Waals surface area contributed by atoms with Crippen molar-refractivity contribution in [3.05, 3.63) is 31.9 Å². The molecule has 0 aliphatic heterocycles. The van der Waals surface area contributed by atoms with Crippen LogP contribution in [0.4, 0.5) is 16.6 Å². The van der Waals surface area contributed by atoms with Crippen molar-refractivity contribution in [2.45, 2.75) is 46.7 Å². The van der Waals surface area contributed by atoms with Crippen LogP contribution in [0.3, 0.4) is 0 Å². The van der Waals surface area contributed by atoms with Gasteiger partial charge in [0.2, 0.25) is 5.91 Å². The van der Waals surface area contributed by atoms with Gasteiger partial charge in [-0.2, -0.15) is 0 Å². The fourth-order valence-electron chi connectivity index (χ4n) is 2.55. The monoisotopic (exact) mass is 380 g/mol. The Morgan fingerprint density at radius 2 is 2.15 bits per heavy atom. The summed E-state index contributed by atoms with van der Waals surface area (Å²) in [6.45, 7) is 6.62. The molecule has 10 heteroatoms. The molecule has 0 bridgehead atoms. The minimum Gasteiger partial charge on any atom is -0.383 e. The summed E-state index contributed by atoms with van der Waals surface area (Å²) >= 11 is 1.31. The maximum absolute atomic E-state index is 12.4. The van der Waals surface area contributed by atoms with E-state index in [2.05, 4.69) is 15.3 Å². The highest BCUT2D eigenvalue weighted by Gasteiger charge is 2.19. The van der Waals surface area contributed by atoms with E-state index >= 15 is 0 Å². The van der Waals surface area contributed by atoms with Crippen molar-refractivity contribution < 1.29 is 4.79 Å². The quantitative estimate of drug-likeness (QED) is 0.635. The molecule has 0 radical (unpaired) electrons. The molecular weight excluding hydrogens is 356 g/mol. The summed E-state index contributed by atoms with van der Waals surface area (Å²) in [6.07, 6.45) is 1.69. The van der Waals surface area contributed by atoms with Crippen molar-refractivity contribution in [1.29, 1.82) is 0 Å². The smallest absolute Gasteiger partial charge is 0.330 e. The molecule has 0 atom stereocenters. The first-order chi connectivity index (χ1) is 12.4. The van der Waals surface area contributed by atoms with Gasteiger partial charge in [-0.1, -0.05) is 13.3 Å². The fraction of sp³-hybridized carbons (Fsp3) is 0.500. The number of nitrogen functional groups attached to an aromatic ring is 1. The van der Waals surface area contributed by atoms with Gasteiger partial charge in [0.05, 0.1) is 12.2 Å². The third kappa shape index (κ3) is 4.51. The highest BCUT2D eigenvalue weighted by Crippen LogP contribution is 2.22. The lowest BCUT2D eigenvalue weighted by Crippen LogP contribution is -2.38. The van der Waals surface area contributed by atoms with Crippen molar-refractivity contribution in [3.8, 4) is 0 Å². The summed E-state index contributed by atoms with van der Waals surface area (Å²) < 4.78 is 1.40. The van der Waals surface area contributed by atoms with E-state index in [1.165, 1.54) is 22.8 Å². The molecule has 2 aromatic heterocycles. The third-order valence-electron chi connectivity index (χ3n) is 3.83. The average Bonchev–Trinajstić information content (AvgIpc) is 2.99. The highest BCUT2D eigenvalue weighted by molar-refractivity contribution is 7.13. The van der Waals surface area contributed by atoms with Crippen LogP contribution in [0.25, 0.3) is 0 Å². The molecule has 1 amide bonds. The Morgan fingerprint density at radius 3 is 2.77 bits per heavy atom. The number of carbonyl (C=O) groups is 1. The molecule has 0 unspecified atom stereocenters. The van der Waals surface area contributed by atoms with E-state index < -0.39 is 11.2 Å². The average molecular weight is 380 g/mol. The Bertz CT molecular complexity index is 885. The number of rotatable bonds is 8. The molecule has 26 heavy (non-hydrogen) atoms. The Labute approximate surface area is 154 Å². The topological polar surface area (TPSA) is 126 Å². The number of unbranched alkanes of at least 4 members (excludes halogenated alkanes) is 1. The van der Waals surface area contributed by atoms with Gasteiger partial charge in [-0.05, 0) is 13.3 Å². The van der Waals surface area contributed by atoms with E-state index in [1.807, 2.05) is 19.2 Å². The van der Waals surface area contributed by atoms with E-state index in [9.17, 15) is 14.4 Å². The van der Waals surface area contributed by atoms with Crippen molar-refractivity contribution >= 4 is 33.9 Å². The van der Waals surface area contributed by atoms with Crippen LogP contribution in [0.2, 0.25) is 0 Å². The van der Waals surface area contributed by atoms with Gasteiger partial charge >= 0.3 is 5.69 Å². The summed E-state index contributed by atoms with van der Waals surface area (Å²) in [5.41, 5.74) is 6.10. The second kappa shape index (κ2) is 8.65. The fourth-order valence-corrected chi connectivity index (χ4v) is 3.30. The van der Waals surface area contributed by atoms with Gasteiger partial charge < -0.3 is 16.0 Å². The number of hydrogen-bond acceptors (Lipinski definition) is 7. The Kier molecular flexibility index (Phi) is 6.56. The minimum atomic E-state index is -0.514. The van der Waals surface area contributed by atoms with Crippen LogP contribution < -0.4 is 27.2 Å². The molecule has 9 nitrogen and oxygen atoms in total. The molecule has 0 fully saturated rings. The first-order valence-electron chi connectivity index (χ1n) is 8.46. The SMILES string of the molecule is CCCCn1c(N)c(N(CC)Cc2csc(NC(C)=O)n2)c(=O)[nH]c1=O. The molecule has 0 aliphatic rings. The van der Waals surface area contributed by atoms with Crippen LogP contribution in [0.5, 0.6) is 0 Å². The number of nitrogens with one attached hydrogen (secondary N) is 2. The number of amides is 1. The molecule has 2 rings (SSSR count). The molecule has 142 valence electrons. The molecule has 0 spiro atoms. The summed E-state index contributed by atoms with van der Waals surface area (Å²) in [5.74, 6) is -0.0340. The van der Waals surface area contributed by atoms with Crippen LogP contribution >= 0.6 is 11.3 Å². The van der Waals surface area contributed by atoms with Gasteiger partial charge in [-0.25, -0.2) is 9.78 Å². The van der Waals surface area contributed by atoms with E-state index in [1.54, 1.807) is 4.90 Å². The normalized spacial score (nSPS) is 10.7. The van der Waals surface area contributed by atoms with Gasteiger partial charge in [0.1, 0.15) is 11.5 Å². The summed E-state index contributed by atoms with van der Waals surface area (Å²) in [6, 6.07) is 0. The second-order valence-corrected chi connectivity index (χ2v) is 6.70. The lowest BCUT2D eigenvalue weighted by molar-refractivity contribution is -0.114. The lowest BCUT2D eigenvalue weighted by atomic mass is 10.3. The van der Waals surface area contributed by atoms with Crippen molar-refractivity contribution in [2.24, 2.45) is 0 Å². The molecule has 0 aliphatic carbocycles. The summed E-state index contributed by atoms with van der Waals surface area (Å²) in [4.78, 5) is 44.0. The van der Waals surface area contributed by atoms with Crippen LogP contribution in [-0.4, -0.2) is 27.0 Å². The van der Waals surface area contributed by atoms with Crippen molar-refractivity contribution in [1.82, 2.24) is 14.5 Å². The van der Waals surface area contributed by atoms with E-state index in [4.69, 9.17) is 5.73 Å². The number of carbonyl (C=O) groups excluding carboxylic acids is 1. The highest BCUT2D eigenvalue weighted by atomic mass is 32.1. The maximum Gasteiger partial charge on any atom is 0.330 e. The number of thiazole rings is 1. The predicted octanol–water partition coefficient (Wildman–Crippen LogP) is 1.36. The molecule has 4 N–H and O–H groups in total. The number of aromatic amines is 1. The largest absolute Gasteiger partial charge is 0.383 e. The van der Waals surface area contributed by atoms with Crippen LogP contribution in [0.1, 0.15) is 39.3 Å². The van der Waals surface area contributed by atoms with Gasteiger partial charge in [0, 0.05) is 25.4 Å². The zero-order valence-electron chi connectivity index (χ0n) is 15.2. The number of H-pyrrole nitrogens is 1. The van der Waals surface area contributed by atoms with Gasteiger partial charge in [0.25, 0.3) is 5.56 Å². The second-order valence-electron chi connectivity index (χ2n) is 5.84. The molecule has 0 aromatic carbocycles. The molecule has 2 aromatic rings. The van der Waals surface area contributed by atoms with E-state index in [-0.39, 0.29) is 17.4 Å². The van der Waals surface area contributed by atoms with Gasteiger partial charge in [-0.3, -0.25) is 19.1 Å². The number of aromatic nitrogens is 3.